The Bertz CT molecular complexity index is 493. The number of nitrogens with zero attached hydrogens (tertiary/aromatic N) is 6. The predicted octanol–water partition coefficient (Wildman–Crippen LogP) is 0.943. The van der Waals surface area contributed by atoms with Crippen molar-refractivity contribution < 1.29 is 8.95 Å². The SMILES string of the molecule is CC(CCS(=O)c1nnnn1C)SC1(C)N=NCO1. The van der Waals surface area contributed by atoms with Gasteiger partial charge in [-0.2, -0.15) is 5.11 Å². The molecule has 0 spiro atoms. The Labute approximate surface area is 117 Å². The van der Waals surface area contributed by atoms with Crippen LogP contribution < -0.4 is 0 Å². The molecule has 2 heterocycles. The minimum Gasteiger partial charge on any atom is -0.319 e. The zero-order valence-electron chi connectivity index (χ0n) is 11.0. The van der Waals surface area contributed by atoms with E-state index in [9.17, 15) is 4.21 Å². The summed E-state index contributed by atoms with van der Waals surface area (Å²) in [5, 5.41) is 18.8. The summed E-state index contributed by atoms with van der Waals surface area (Å²) in [7, 11) is 0.497. The van der Waals surface area contributed by atoms with Crippen LogP contribution in [0.25, 0.3) is 0 Å². The topological polar surface area (TPSA) is 94.6 Å². The van der Waals surface area contributed by atoms with Crippen molar-refractivity contribution in [3.63, 3.8) is 0 Å². The van der Waals surface area contributed by atoms with E-state index >= 15 is 0 Å². The molecule has 3 atom stereocenters. The summed E-state index contributed by atoms with van der Waals surface area (Å²) in [5.74, 6) is 0.510. The van der Waals surface area contributed by atoms with Crippen LogP contribution in [0.1, 0.15) is 20.3 Å². The molecule has 10 heteroatoms. The molecule has 0 radical (unpaired) electrons. The molecule has 19 heavy (non-hydrogen) atoms. The third-order valence-electron chi connectivity index (χ3n) is 2.56. The van der Waals surface area contributed by atoms with E-state index in [2.05, 4.69) is 32.7 Å². The monoisotopic (exact) mass is 304 g/mol. The van der Waals surface area contributed by atoms with Crippen LogP contribution in [0.15, 0.2) is 15.4 Å². The van der Waals surface area contributed by atoms with Crippen LogP contribution in [-0.2, 0) is 22.6 Å². The third-order valence-corrected chi connectivity index (χ3v) is 5.19. The molecule has 0 saturated carbocycles. The fourth-order valence-corrected chi connectivity index (χ4v) is 4.17. The van der Waals surface area contributed by atoms with E-state index in [0.717, 1.165) is 6.42 Å². The van der Waals surface area contributed by atoms with E-state index in [1.54, 1.807) is 18.8 Å². The number of hydrogen-bond acceptors (Lipinski definition) is 8. The van der Waals surface area contributed by atoms with Gasteiger partial charge in [0.2, 0.25) is 10.2 Å². The molecule has 1 aliphatic heterocycles. The molecule has 0 amide bonds. The first-order valence-electron chi connectivity index (χ1n) is 5.81. The molecule has 3 unspecified atom stereocenters. The Morgan fingerprint density at radius 2 is 2.42 bits per heavy atom. The Hall–Kier alpha value is -0.870. The van der Waals surface area contributed by atoms with Crippen LogP contribution in [0.5, 0.6) is 0 Å². The van der Waals surface area contributed by atoms with Crippen LogP contribution in [0.4, 0.5) is 0 Å². The molecule has 1 aromatic rings. The van der Waals surface area contributed by atoms with Gasteiger partial charge in [0.25, 0.3) is 0 Å². The quantitative estimate of drug-likeness (QED) is 0.776. The lowest BCUT2D eigenvalue weighted by atomic mass is 10.4. The summed E-state index contributed by atoms with van der Waals surface area (Å²) in [5.41, 5.74) is 0. The van der Waals surface area contributed by atoms with Gasteiger partial charge in [-0.15, -0.1) is 5.11 Å². The molecule has 0 bridgehead atoms. The normalized spacial score (nSPS) is 25.6. The average molecular weight is 304 g/mol. The highest BCUT2D eigenvalue weighted by Gasteiger charge is 2.31. The van der Waals surface area contributed by atoms with Crippen molar-refractivity contribution >= 4 is 22.6 Å². The minimum atomic E-state index is -1.18. The van der Waals surface area contributed by atoms with Crippen molar-refractivity contribution in [1.29, 1.82) is 0 Å². The average Bonchev–Trinajstić information content (AvgIpc) is 2.95. The molecule has 1 aromatic heterocycles. The van der Waals surface area contributed by atoms with Gasteiger partial charge in [0, 0.05) is 18.1 Å². The molecule has 0 fully saturated rings. The third kappa shape index (κ3) is 3.80. The van der Waals surface area contributed by atoms with Crippen molar-refractivity contribution in [3.8, 4) is 0 Å². The molecule has 106 valence electrons. The molecule has 0 N–H and O–H groups in total. The highest BCUT2D eigenvalue weighted by atomic mass is 32.2. The maximum Gasteiger partial charge on any atom is 0.239 e. The van der Waals surface area contributed by atoms with Crippen molar-refractivity contribution in [2.24, 2.45) is 17.3 Å². The zero-order chi connectivity index (χ0) is 13.9. The fourth-order valence-electron chi connectivity index (χ4n) is 1.60. The lowest BCUT2D eigenvalue weighted by Crippen LogP contribution is -2.21. The van der Waals surface area contributed by atoms with E-state index in [1.165, 1.54) is 4.68 Å². The van der Waals surface area contributed by atoms with Crippen LogP contribution in [-0.4, -0.2) is 47.2 Å². The number of ether oxygens (including phenoxy) is 1. The highest BCUT2D eigenvalue weighted by molar-refractivity contribution is 8.01. The van der Waals surface area contributed by atoms with Crippen LogP contribution in [0.3, 0.4) is 0 Å². The first-order chi connectivity index (χ1) is 9.00. The van der Waals surface area contributed by atoms with Crippen molar-refractivity contribution in [3.05, 3.63) is 0 Å². The van der Waals surface area contributed by atoms with E-state index in [1.807, 2.05) is 6.92 Å². The number of aromatic nitrogens is 4. The molecular weight excluding hydrogens is 288 g/mol. The number of tetrazole rings is 1. The lowest BCUT2D eigenvalue weighted by Gasteiger charge is -2.21. The summed E-state index contributed by atoms with van der Waals surface area (Å²) in [6.07, 6.45) is 0.763. The van der Waals surface area contributed by atoms with Crippen LogP contribution in [0, 0.1) is 0 Å². The maximum absolute atomic E-state index is 12.0. The molecule has 1 aliphatic rings. The summed E-state index contributed by atoms with van der Waals surface area (Å²) in [6.45, 7) is 4.25. The molecule has 0 aliphatic carbocycles. The van der Waals surface area contributed by atoms with E-state index < -0.39 is 15.9 Å². The first-order valence-corrected chi connectivity index (χ1v) is 8.01. The molecule has 0 saturated heterocycles. The van der Waals surface area contributed by atoms with Gasteiger partial charge in [0.15, 0.2) is 6.73 Å². The Balaban J connectivity index is 1.81. The van der Waals surface area contributed by atoms with Gasteiger partial charge in [-0.05, 0) is 23.8 Å². The summed E-state index contributed by atoms with van der Waals surface area (Å²) < 4.78 is 18.9. The minimum absolute atomic E-state index is 0.257. The molecule has 8 nitrogen and oxygen atoms in total. The van der Waals surface area contributed by atoms with Crippen molar-refractivity contribution in [1.82, 2.24) is 20.2 Å². The summed E-state index contributed by atoms with van der Waals surface area (Å²) >= 11 is 1.58. The molecular formula is C9H16N6O2S2. The van der Waals surface area contributed by atoms with Gasteiger partial charge in [-0.25, -0.2) is 4.68 Å². The zero-order valence-corrected chi connectivity index (χ0v) is 12.6. The number of hydrogen-bond donors (Lipinski definition) is 0. The van der Waals surface area contributed by atoms with Gasteiger partial charge >= 0.3 is 0 Å². The Kier molecular flexibility index (Phi) is 4.63. The van der Waals surface area contributed by atoms with Gasteiger partial charge in [0.05, 0.1) is 10.8 Å². The van der Waals surface area contributed by atoms with Crippen molar-refractivity contribution in [2.45, 2.75) is 35.7 Å². The van der Waals surface area contributed by atoms with E-state index in [-0.39, 0.29) is 5.25 Å². The van der Waals surface area contributed by atoms with Crippen LogP contribution >= 0.6 is 11.8 Å². The standard InChI is InChI=1S/C9H16N6O2S2/c1-7(18-9(2)12-10-6-17-9)4-5-19(16)8-11-13-14-15(8)3/h7H,4-6H2,1-3H3. The smallest absolute Gasteiger partial charge is 0.239 e. The largest absolute Gasteiger partial charge is 0.319 e. The summed E-state index contributed by atoms with van der Waals surface area (Å²) in [4.78, 5) is 0. The fraction of sp³-hybridized carbons (Fsp3) is 0.889. The number of thioether (sulfide) groups is 1. The maximum atomic E-state index is 12.0. The number of azo groups is 1. The van der Waals surface area contributed by atoms with Gasteiger partial charge in [-0.1, -0.05) is 23.8 Å². The first kappa shape index (κ1) is 14.5. The Morgan fingerprint density at radius 3 is 3.00 bits per heavy atom. The number of rotatable bonds is 6. The van der Waals surface area contributed by atoms with Gasteiger partial charge in [0.1, 0.15) is 0 Å². The summed E-state index contributed by atoms with van der Waals surface area (Å²) in [6, 6.07) is 0. The van der Waals surface area contributed by atoms with Crippen LogP contribution in [0.2, 0.25) is 0 Å². The second kappa shape index (κ2) is 6.06. The second-order valence-corrected chi connectivity index (χ2v) is 7.53. The Morgan fingerprint density at radius 1 is 1.63 bits per heavy atom. The number of aryl methyl sites for hydroxylation is 1. The van der Waals surface area contributed by atoms with Gasteiger partial charge in [-0.3, -0.25) is 4.21 Å². The molecule has 0 aromatic carbocycles. The second-order valence-electron chi connectivity index (χ2n) is 4.26. The lowest BCUT2D eigenvalue weighted by molar-refractivity contribution is 0.0867. The van der Waals surface area contributed by atoms with Crippen molar-refractivity contribution in [2.75, 3.05) is 12.5 Å². The van der Waals surface area contributed by atoms with E-state index in [4.69, 9.17) is 4.74 Å². The highest BCUT2D eigenvalue weighted by Crippen LogP contribution is 2.36. The van der Waals surface area contributed by atoms with E-state index in [0.29, 0.717) is 17.6 Å². The molecule has 2 rings (SSSR count). The predicted molar refractivity (Wildman–Crippen MR) is 71.0 cm³/mol. The van der Waals surface area contributed by atoms with Gasteiger partial charge < -0.3 is 4.74 Å².